The fraction of sp³-hybridized carbons (Fsp3) is 0.444. The number of carbonyl (C=O) groups is 1. The molecule has 1 fully saturated rings. The molecule has 0 spiro atoms. The molecule has 0 bridgehead atoms. The third-order valence-electron chi connectivity index (χ3n) is 4.25. The number of aromatic nitrogens is 2. The van der Waals surface area contributed by atoms with Crippen molar-refractivity contribution >= 4 is 5.91 Å². The summed E-state index contributed by atoms with van der Waals surface area (Å²) >= 11 is 0. The number of amides is 1. The fourth-order valence-corrected chi connectivity index (χ4v) is 2.86. The van der Waals surface area contributed by atoms with E-state index in [0.717, 1.165) is 11.3 Å². The molecule has 1 aromatic heterocycles. The molecular weight excluding hydrogens is 290 g/mol. The smallest absolute Gasteiger partial charge is 0.274 e. The maximum Gasteiger partial charge on any atom is 0.274 e. The first kappa shape index (κ1) is 15.7. The second-order valence-electron chi connectivity index (χ2n) is 6.46. The lowest BCUT2D eigenvalue weighted by atomic mass is 10.0. The molecule has 1 amide bonds. The van der Waals surface area contributed by atoms with Crippen molar-refractivity contribution in [3.05, 3.63) is 53.3 Å². The molecule has 0 radical (unpaired) electrons. The summed E-state index contributed by atoms with van der Waals surface area (Å²) in [4.78, 5) is 14.6. The van der Waals surface area contributed by atoms with Crippen LogP contribution in [0.25, 0.3) is 0 Å². The predicted molar refractivity (Wildman–Crippen MR) is 88.1 cm³/mol. The zero-order chi connectivity index (χ0) is 16.4. The minimum absolute atomic E-state index is 0.0259. The van der Waals surface area contributed by atoms with Gasteiger partial charge in [0.15, 0.2) is 0 Å². The minimum Gasteiger partial charge on any atom is -0.366 e. The van der Waals surface area contributed by atoms with Gasteiger partial charge in [0, 0.05) is 12.2 Å². The molecular formula is C18H23N3O2. The summed E-state index contributed by atoms with van der Waals surface area (Å²) in [5.74, 6) is 0.307. The Morgan fingerprint density at radius 3 is 2.65 bits per heavy atom. The van der Waals surface area contributed by atoms with E-state index in [2.05, 4.69) is 36.2 Å². The van der Waals surface area contributed by atoms with E-state index >= 15 is 0 Å². The quantitative estimate of drug-likeness (QED) is 0.948. The van der Waals surface area contributed by atoms with Crippen LogP contribution in [0.3, 0.4) is 0 Å². The Balaban J connectivity index is 1.83. The van der Waals surface area contributed by atoms with Crippen molar-refractivity contribution in [2.45, 2.75) is 33.0 Å². The van der Waals surface area contributed by atoms with Crippen LogP contribution in [0.2, 0.25) is 0 Å². The highest BCUT2D eigenvalue weighted by Crippen LogP contribution is 2.28. The van der Waals surface area contributed by atoms with Gasteiger partial charge in [0.2, 0.25) is 0 Å². The zero-order valence-electron chi connectivity index (χ0n) is 13.8. The van der Waals surface area contributed by atoms with Crippen molar-refractivity contribution in [2.75, 3.05) is 13.1 Å². The summed E-state index contributed by atoms with van der Waals surface area (Å²) in [6.07, 6.45) is -0.0701. The van der Waals surface area contributed by atoms with E-state index in [1.165, 1.54) is 0 Å². The topological polar surface area (TPSA) is 58.2 Å². The van der Waals surface area contributed by atoms with Crippen molar-refractivity contribution in [2.24, 2.45) is 5.92 Å². The molecule has 0 saturated carbocycles. The van der Waals surface area contributed by atoms with E-state index in [9.17, 15) is 4.79 Å². The molecule has 122 valence electrons. The summed E-state index contributed by atoms with van der Waals surface area (Å²) in [5, 5.41) is 6.94. The summed E-state index contributed by atoms with van der Waals surface area (Å²) in [6.45, 7) is 7.30. The van der Waals surface area contributed by atoms with Gasteiger partial charge in [0.25, 0.3) is 5.91 Å². The van der Waals surface area contributed by atoms with E-state index in [4.69, 9.17) is 4.74 Å². The molecule has 1 aromatic carbocycles. The summed E-state index contributed by atoms with van der Waals surface area (Å²) < 4.78 is 6.23. The second kappa shape index (κ2) is 6.54. The highest BCUT2D eigenvalue weighted by molar-refractivity contribution is 5.92. The predicted octanol–water partition coefficient (Wildman–Crippen LogP) is 2.96. The number of hydrogen-bond donors (Lipinski definition) is 1. The van der Waals surface area contributed by atoms with E-state index in [1.807, 2.05) is 30.0 Å². The number of hydrogen-bond acceptors (Lipinski definition) is 3. The first-order valence-electron chi connectivity index (χ1n) is 8.06. The van der Waals surface area contributed by atoms with Crippen molar-refractivity contribution in [3.8, 4) is 0 Å². The summed E-state index contributed by atoms with van der Waals surface area (Å²) in [6, 6.07) is 11.9. The van der Waals surface area contributed by atoms with Crippen LogP contribution in [0.5, 0.6) is 0 Å². The number of benzene rings is 1. The molecule has 2 aromatic rings. The number of ether oxygens (including phenoxy) is 1. The van der Waals surface area contributed by atoms with E-state index in [-0.39, 0.29) is 18.1 Å². The molecule has 1 aliphatic heterocycles. The van der Waals surface area contributed by atoms with Gasteiger partial charge in [-0.25, -0.2) is 0 Å². The molecule has 1 aliphatic rings. The molecule has 1 N–H and O–H groups in total. The summed E-state index contributed by atoms with van der Waals surface area (Å²) in [7, 11) is 0. The van der Waals surface area contributed by atoms with Gasteiger partial charge in [-0.2, -0.15) is 5.10 Å². The molecule has 5 nitrogen and oxygen atoms in total. The van der Waals surface area contributed by atoms with Gasteiger partial charge in [-0.05, 0) is 24.5 Å². The third kappa shape index (κ3) is 3.45. The van der Waals surface area contributed by atoms with Crippen LogP contribution in [0.4, 0.5) is 0 Å². The standard InChI is InChI=1S/C18H23N3O2/c1-12(2)16-10-21(18(22)15-9-13(3)19-20-15)11-17(23-16)14-7-5-4-6-8-14/h4-9,12,16-17H,10-11H2,1-3H3,(H,19,20)/t16-,17+/m1/s1. The van der Waals surface area contributed by atoms with Crippen LogP contribution in [0.1, 0.15) is 41.7 Å². The molecule has 0 unspecified atom stereocenters. The summed E-state index contributed by atoms with van der Waals surface area (Å²) in [5.41, 5.74) is 2.47. The Labute approximate surface area is 136 Å². The Bertz CT molecular complexity index is 666. The Hall–Kier alpha value is -2.14. The zero-order valence-corrected chi connectivity index (χ0v) is 13.8. The SMILES string of the molecule is Cc1cc(C(=O)N2C[C@@H](c3ccccc3)O[C@@H](C(C)C)C2)n[nH]1. The van der Waals surface area contributed by atoms with Crippen molar-refractivity contribution in [1.29, 1.82) is 0 Å². The number of H-pyrrole nitrogens is 1. The van der Waals surface area contributed by atoms with Gasteiger partial charge in [0.05, 0.1) is 12.6 Å². The lowest BCUT2D eigenvalue weighted by Crippen LogP contribution is -2.48. The van der Waals surface area contributed by atoms with Gasteiger partial charge in [-0.15, -0.1) is 0 Å². The highest BCUT2D eigenvalue weighted by atomic mass is 16.5. The van der Waals surface area contributed by atoms with Crippen molar-refractivity contribution in [3.63, 3.8) is 0 Å². The molecule has 2 heterocycles. The maximum atomic E-state index is 12.7. The average Bonchev–Trinajstić information content (AvgIpc) is 3.01. The number of carbonyl (C=O) groups excluding carboxylic acids is 1. The van der Waals surface area contributed by atoms with Crippen LogP contribution in [-0.2, 0) is 4.74 Å². The van der Waals surface area contributed by atoms with E-state index in [0.29, 0.717) is 24.7 Å². The van der Waals surface area contributed by atoms with Crippen LogP contribution in [0, 0.1) is 12.8 Å². The van der Waals surface area contributed by atoms with Crippen LogP contribution < -0.4 is 0 Å². The van der Waals surface area contributed by atoms with E-state index in [1.54, 1.807) is 6.07 Å². The Kier molecular flexibility index (Phi) is 4.48. The lowest BCUT2D eigenvalue weighted by Gasteiger charge is -2.39. The monoisotopic (exact) mass is 313 g/mol. The van der Waals surface area contributed by atoms with Crippen LogP contribution in [-0.4, -0.2) is 40.2 Å². The molecule has 3 rings (SSSR count). The molecule has 5 heteroatoms. The maximum absolute atomic E-state index is 12.7. The van der Waals surface area contributed by atoms with Crippen molar-refractivity contribution < 1.29 is 9.53 Å². The molecule has 1 saturated heterocycles. The number of nitrogens with zero attached hydrogens (tertiary/aromatic N) is 2. The van der Waals surface area contributed by atoms with Gasteiger partial charge in [-0.3, -0.25) is 9.89 Å². The number of rotatable bonds is 3. The number of nitrogens with one attached hydrogen (secondary N) is 1. The van der Waals surface area contributed by atoms with Gasteiger partial charge >= 0.3 is 0 Å². The van der Waals surface area contributed by atoms with Gasteiger partial charge in [0.1, 0.15) is 11.8 Å². The lowest BCUT2D eigenvalue weighted by molar-refractivity contribution is -0.0955. The second-order valence-corrected chi connectivity index (χ2v) is 6.46. The largest absolute Gasteiger partial charge is 0.366 e. The van der Waals surface area contributed by atoms with Crippen molar-refractivity contribution in [1.82, 2.24) is 15.1 Å². The highest BCUT2D eigenvalue weighted by Gasteiger charge is 2.33. The van der Waals surface area contributed by atoms with Crippen LogP contribution >= 0.6 is 0 Å². The first-order chi connectivity index (χ1) is 11.0. The minimum atomic E-state index is -0.0960. The molecule has 23 heavy (non-hydrogen) atoms. The first-order valence-corrected chi connectivity index (χ1v) is 8.06. The molecule has 2 atom stereocenters. The van der Waals surface area contributed by atoms with Gasteiger partial charge < -0.3 is 9.64 Å². The van der Waals surface area contributed by atoms with Crippen LogP contribution in [0.15, 0.2) is 36.4 Å². The average molecular weight is 313 g/mol. The van der Waals surface area contributed by atoms with Gasteiger partial charge in [-0.1, -0.05) is 44.2 Å². The normalized spacial score (nSPS) is 21.7. The Morgan fingerprint density at radius 1 is 1.30 bits per heavy atom. The number of aryl methyl sites for hydroxylation is 1. The number of morpholine rings is 1. The molecule has 0 aliphatic carbocycles. The third-order valence-corrected chi connectivity index (χ3v) is 4.25. The Morgan fingerprint density at radius 2 is 2.04 bits per heavy atom. The van der Waals surface area contributed by atoms with E-state index < -0.39 is 0 Å². The fourth-order valence-electron chi connectivity index (χ4n) is 2.86. The number of aromatic amines is 1.